The number of likely N-dealkylation sites (tertiary alicyclic amines) is 1. The predicted molar refractivity (Wildman–Crippen MR) is 109 cm³/mol. The number of aromatic nitrogens is 3. The van der Waals surface area contributed by atoms with Gasteiger partial charge in [-0.15, -0.1) is 0 Å². The first-order chi connectivity index (χ1) is 14.4. The quantitative estimate of drug-likeness (QED) is 0.563. The molecule has 0 bridgehead atoms. The Balaban J connectivity index is 1.55. The maximum Gasteiger partial charge on any atom is 0.276 e. The summed E-state index contributed by atoms with van der Waals surface area (Å²) in [4.78, 5) is 30.4. The highest BCUT2D eigenvalue weighted by Crippen LogP contribution is 2.22. The molecule has 0 radical (unpaired) electrons. The van der Waals surface area contributed by atoms with Crippen LogP contribution in [0.15, 0.2) is 36.5 Å². The number of methoxy groups -OCH3 is 1. The van der Waals surface area contributed by atoms with Gasteiger partial charge in [-0.05, 0) is 24.3 Å². The van der Waals surface area contributed by atoms with E-state index in [2.05, 4.69) is 32.3 Å². The Morgan fingerprint density at radius 1 is 1.40 bits per heavy atom. The second kappa shape index (κ2) is 7.50. The van der Waals surface area contributed by atoms with Crippen molar-refractivity contribution in [3.8, 4) is 17.6 Å². The molecule has 152 valence electrons. The number of anilines is 1. The summed E-state index contributed by atoms with van der Waals surface area (Å²) in [5.74, 6) is 5.17. The molecule has 4 rings (SSSR count). The molecule has 9 nitrogen and oxygen atoms in total. The van der Waals surface area contributed by atoms with E-state index in [0.717, 1.165) is 0 Å². The van der Waals surface area contributed by atoms with Gasteiger partial charge in [0.05, 0.1) is 18.7 Å². The van der Waals surface area contributed by atoms with E-state index in [-0.39, 0.29) is 12.1 Å². The summed E-state index contributed by atoms with van der Waals surface area (Å²) in [5.41, 5.74) is 0.0369. The van der Waals surface area contributed by atoms with Crippen LogP contribution in [0.2, 0.25) is 0 Å². The smallest absolute Gasteiger partial charge is 0.276 e. The van der Waals surface area contributed by atoms with E-state index >= 15 is 0 Å². The molecule has 0 unspecified atom stereocenters. The summed E-state index contributed by atoms with van der Waals surface area (Å²) in [6.45, 7) is 0.456. The molecule has 30 heavy (non-hydrogen) atoms. The zero-order valence-corrected chi connectivity index (χ0v) is 16.4. The van der Waals surface area contributed by atoms with Gasteiger partial charge in [-0.25, -0.2) is 4.98 Å². The van der Waals surface area contributed by atoms with Gasteiger partial charge < -0.3 is 20.1 Å². The van der Waals surface area contributed by atoms with Gasteiger partial charge in [0.1, 0.15) is 5.75 Å². The molecule has 1 aliphatic rings. The molecule has 1 aliphatic heterocycles. The number of pyridine rings is 1. The lowest BCUT2D eigenvalue weighted by Gasteiger charge is -2.13. The first-order valence-corrected chi connectivity index (χ1v) is 9.20. The number of carbonyl (C=O) groups excluding carboxylic acids is 2. The van der Waals surface area contributed by atoms with Gasteiger partial charge in [-0.3, -0.25) is 14.7 Å². The first kappa shape index (κ1) is 19.4. The molecule has 2 aromatic heterocycles. The first-order valence-electron chi connectivity index (χ1n) is 9.20. The van der Waals surface area contributed by atoms with E-state index in [0.29, 0.717) is 34.6 Å². The van der Waals surface area contributed by atoms with Crippen molar-refractivity contribution in [2.75, 3.05) is 26.0 Å². The molecule has 3 aromatic rings. The number of ether oxygens (including phenoxy) is 1. The molecule has 1 saturated heterocycles. The van der Waals surface area contributed by atoms with Crippen molar-refractivity contribution in [2.24, 2.45) is 0 Å². The van der Waals surface area contributed by atoms with E-state index < -0.39 is 17.4 Å². The van der Waals surface area contributed by atoms with Crippen LogP contribution in [-0.2, 0) is 4.79 Å². The van der Waals surface area contributed by atoms with Crippen molar-refractivity contribution >= 4 is 28.5 Å². The van der Waals surface area contributed by atoms with E-state index in [1.165, 1.54) is 18.2 Å². The molecule has 2 amide bonds. The number of rotatable bonds is 3. The van der Waals surface area contributed by atoms with Crippen molar-refractivity contribution in [3.63, 3.8) is 0 Å². The van der Waals surface area contributed by atoms with Crippen molar-refractivity contribution in [1.29, 1.82) is 0 Å². The van der Waals surface area contributed by atoms with E-state index in [9.17, 15) is 14.7 Å². The number of benzene rings is 1. The van der Waals surface area contributed by atoms with Crippen molar-refractivity contribution in [1.82, 2.24) is 20.1 Å². The largest absolute Gasteiger partial charge is 0.495 e. The maximum absolute atomic E-state index is 12.7. The predicted octanol–water partition coefficient (Wildman–Crippen LogP) is 1.16. The Morgan fingerprint density at radius 2 is 2.23 bits per heavy atom. The van der Waals surface area contributed by atoms with Gasteiger partial charge >= 0.3 is 0 Å². The van der Waals surface area contributed by atoms with Crippen LogP contribution in [0.4, 0.5) is 5.69 Å². The number of H-pyrrole nitrogens is 1. The topological polar surface area (TPSA) is 120 Å². The fraction of sp³-hybridized carbons (Fsp3) is 0.238. The highest BCUT2D eigenvalue weighted by molar-refractivity contribution is 6.10. The van der Waals surface area contributed by atoms with Gasteiger partial charge in [0, 0.05) is 31.3 Å². The zero-order valence-electron chi connectivity index (χ0n) is 16.4. The number of hydrogen-bond donors (Lipinski definition) is 3. The summed E-state index contributed by atoms with van der Waals surface area (Å²) in [7, 11) is 3.14. The fourth-order valence-corrected chi connectivity index (χ4v) is 3.18. The summed E-state index contributed by atoms with van der Waals surface area (Å²) in [5, 5.41) is 20.5. The van der Waals surface area contributed by atoms with Crippen LogP contribution in [0.5, 0.6) is 5.75 Å². The van der Waals surface area contributed by atoms with Gasteiger partial charge in [-0.2, -0.15) is 5.10 Å². The number of amides is 2. The minimum absolute atomic E-state index is 0.182. The lowest BCUT2D eigenvalue weighted by molar-refractivity contribution is -0.137. The second-order valence-electron chi connectivity index (χ2n) is 6.97. The fourth-order valence-electron chi connectivity index (χ4n) is 3.18. The van der Waals surface area contributed by atoms with Crippen LogP contribution in [0, 0.1) is 11.8 Å². The number of likely N-dealkylation sites (N-methyl/N-ethyl adjacent to an activating group) is 1. The van der Waals surface area contributed by atoms with Crippen molar-refractivity contribution < 1.29 is 19.4 Å². The van der Waals surface area contributed by atoms with Crippen LogP contribution < -0.4 is 10.1 Å². The highest BCUT2D eigenvalue weighted by atomic mass is 16.5. The molecule has 3 N–H and O–H groups in total. The Morgan fingerprint density at radius 3 is 2.97 bits per heavy atom. The Bertz CT molecular complexity index is 1210. The zero-order chi connectivity index (χ0) is 21.3. The van der Waals surface area contributed by atoms with Gasteiger partial charge in [0.15, 0.2) is 11.3 Å². The lowest BCUT2D eigenvalue weighted by atomic mass is 10.0. The number of nitrogens with zero attached hydrogens (tertiary/aromatic N) is 3. The third kappa shape index (κ3) is 3.56. The van der Waals surface area contributed by atoms with Crippen molar-refractivity contribution in [3.05, 3.63) is 47.8 Å². The molecule has 0 saturated carbocycles. The second-order valence-corrected chi connectivity index (χ2v) is 6.97. The molecular formula is C21H19N5O4. The van der Waals surface area contributed by atoms with Crippen LogP contribution in [0.3, 0.4) is 0 Å². The number of fused-ring (bicyclic) bond motifs is 1. The number of aliphatic hydroxyl groups is 1. The van der Waals surface area contributed by atoms with E-state index in [4.69, 9.17) is 4.74 Å². The van der Waals surface area contributed by atoms with Gasteiger partial charge in [-0.1, -0.05) is 17.9 Å². The SMILES string of the molecule is COc1cnc2[nH]nc(C(=O)Nc3cccc(C#C[C@]4(O)CCN(C)C4=O)c3)c2c1. The minimum Gasteiger partial charge on any atom is -0.495 e. The number of hydrogen-bond acceptors (Lipinski definition) is 6. The van der Waals surface area contributed by atoms with E-state index in [1.54, 1.807) is 37.4 Å². The Hall–Kier alpha value is -3.90. The average molecular weight is 405 g/mol. The molecule has 3 heterocycles. The molecule has 9 heteroatoms. The number of aromatic amines is 1. The lowest BCUT2D eigenvalue weighted by Crippen LogP contribution is -2.37. The summed E-state index contributed by atoms with van der Waals surface area (Å²) < 4.78 is 5.15. The minimum atomic E-state index is -1.67. The summed E-state index contributed by atoms with van der Waals surface area (Å²) in [6, 6.07) is 8.50. The molecule has 0 spiro atoms. The average Bonchev–Trinajstić information content (AvgIpc) is 3.29. The van der Waals surface area contributed by atoms with Crippen LogP contribution >= 0.6 is 0 Å². The van der Waals surface area contributed by atoms with Crippen molar-refractivity contribution in [2.45, 2.75) is 12.0 Å². The summed E-state index contributed by atoms with van der Waals surface area (Å²) >= 11 is 0. The normalized spacial score (nSPS) is 18.2. The monoisotopic (exact) mass is 405 g/mol. The third-order valence-electron chi connectivity index (χ3n) is 4.89. The van der Waals surface area contributed by atoms with Gasteiger partial charge in [0.25, 0.3) is 11.8 Å². The number of carbonyl (C=O) groups is 2. The van der Waals surface area contributed by atoms with Crippen LogP contribution in [0.1, 0.15) is 22.5 Å². The summed E-state index contributed by atoms with van der Waals surface area (Å²) in [6.07, 6.45) is 1.79. The molecule has 1 atom stereocenters. The molecule has 1 aromatic carbocycles. The molecule has 1 fully saturated rings. The van der Waals surface area contributed by atoms with Gasteiger partial charge in [0.2, 0.25) is 5.60 Å². The number of nitrogens with one attached hydrogen (secondary N) is 2. The van der Waals surface area contributed by atoms with Crippen LogP contribution in [-0.4, -0.2) is 63.3 Å². The third-order valence-corrected chi connectivity index (χ3v) is 4.89. The van der Waals surface area contributed by atoms with E-state index in [1.807, 2.05) is 0 Å². The standard InChI is InChI=1S/C21H19N5O4/c1-26-9-8-21(29,20(26)28)7-6-13-4-3-5-14(10-13)23-19(27)17-16-11-15(30-2)12-22-18(16)25-24-17/h3-5,10-12,29H,8-9H2,1-2H3,(H,23,27)(H,22,24,25)/t21-/m0/s1. The Kier molecular flexibility index (Phi) is 4.85. The maximum atomic E-state index is 12.7. The van der Waals surface area contributed by atoms with Crippen LogP contribution in [0.25, 0.3) is 11.0 Å². The highest BCUT2D eigenvalue weighted by Gasteiger charge is 2.42. The molecular weight excluding hydrogens is 386 g/mol. The molecule has 0 aliphatic carbocycles. The Labute approximate surface area is 172 Å².